The molecule has 0 aliphatic carbocycles. The van der Waals surface area contributed by atoms with Gasteiger partial charge in [0.1, 0.15) is 11.5 Å². The minimum Gasteiger partial charge on any atom is -0.497 e. The summed E-state index contributed by atoms with van der Waals surface area (Å²) in [4.78, 5) is 16.6. The summed E-state index contributed by atoms with van der Waals surface area (Å²) in [6.07, 6.45) is 0. The van der Waals surface area contributed by atoms with E-state index in [1.807, 2.05) is 49.4 Å². The van der Waals surface area contributed by atoms with Gasteiger partial charge in [-0.25, -0.2) is 0 Å². The molecule has 1 heterocycles. The van der Waals surface area contributed by atoms with Crippen molar-refractivity contribution in [3.8, 4) is 11.5 Å². The van der Waals surface area contributed by atoms with Crippen LogP contribution in [0.15, 0.2) is 48.5 Å². The van der Waals surface area contributed by atoms with Crippen molar-refractivity contribution >= 4 is 28.4 Å². The summed E-state index contributed by atoms with van der Waals surface area (Å²) < 4.78 is 11.0. The van der Waals surface area contributed by atoms with E-state index in [1.54, 1.807) is 13.2 Å². The summed E-state index contributed by atoms with van der Waals surface area (Å²) in [5, 5.41) is 4.26. The van der Waals surface area contributed by atoms with Crippen LogP contribution in [0.3, 0.4) is 0 Å². The van der Waals surface area contributed by atoms with Crippen molar-refractivity contribution in [2.24, 2.45) is 0 Å². The molecule has 0 saturated heterocycles. The average Bonchev–Trinajstić information content (AvgIpc) is 2.64. The maximum absolute atomic E-state index is 12.1. The van der Waals surface area contributed by atoms with Gasteiger partial charge in [-0.15, -0.1) is 0 Å². The van der Waals surface area contributed by atoms with E-state index in [0.717, 1.165) is 22.2 Å². The normalized spacial score (nSPS) is 10.6. The Morgan fingerprint density at radius 3 is 2.81 bits per heavy atom. The van der Waals surface area contributed by atoms with Crippen molar-refractivity contribution < 1.29 is 14.3 Å². The molecule has 2 aromatic carbocycles. The van der Waals surface area contributed by atoms with Gasteiger partial charge in [0.2, 0.25) is 0 Å². The molecule has 134 valence electrons. The number of carbonyl (C=O) groups is 1. The van der Waals surface area contributed by atoms with Gasteiger partial charge in [-0.05, 0) is 42.8 Å². The number of nitrogens with one attached hydrogen (secondary N) is 1. The number of carbonyl (C=O) groups excluding carboxylic acids is 1. The van der Waals surface area contributed by atoms with Crippen molar-refractivity contribution in [2.75, 3.05) is 13.7 Å². The van der Waals surface area contributed by atoms with E-state index < -0.39 is 0 Å². The summed E-state index contributed by atoms with van der Waals surface area (Å²) in [6.45, 7) is 2.19. The van der Waals surface area contributed by atoms with Gasteiger partial charge in [-0.3, -0.25) is 9.78 Å². The lowest BCUT2D eigenvalue weighted by atomic mass is 10.1. The summed E-state index contributed by atoms with van der Waals surface area (Å²) in [6, 6.07) is 14.7. The van der Waals surface area contributed by atoms with Crippen LogP contribution in [0.25, 0.3) is 10.9 Å². The Balaban J connectivity index is 1.67. The Morgan fingerprint density at radius 1 is 1.19 bits per heavy atom. The van der Waals surface area contributed by atoms with E-state index in [0.29, 0.717) is 23.1 Å². The predicted octanol–water partition coefficient (Wildman–Crippen LogP) is 3.90. The smallest absolute Gasteiger partial charge is 0.258 e. The minimum atomic E-state index is -0.213. The Kier molecular flexibility index (Phi) is 5.58. The minimum absolute atomic E-state index is 0.0870. The molecule has 6 heteroatoms. The van der Waals surface area contributed by atoms with E-state index in [1.165, 1.54) is 0 Å². The lowest BCUT2D eigenvalue weighted by molar-refractivity contribution is -0.123. The van der Waals surface area contributed by atoms with E-state index in [-0.39, 0.29) is 12.5 Å². The van der Waals surface area contributed by atoms with Crippen molar-refractivity contribution in [3.05, 3.63) is 64.8 Å². The number of aryl methyl sites for hydroxylation is 1. The Hall–Kier alpha value is -2.79. The van der Waals surface area contributed by atoms with Crippen LogP contribution in [0.1, 0.15) is 11.3 Å². The second-order valence-electron chi connectivity index (χ2n) is 5.84. The van der Waals surface area contributed by atoms with Crippen LogP contribution >= 0.6 is 11.6 Å². The highest BCUT2D eigenvalue weighted by molar-refractivity contribution is 6.30. The maximum Gasteiger partial charge on any atom is 0.258 e. The number of amides is 1. The molecule has 0 unspecified atom stereocenters. The topological polar surface area (TPSA) is 60.5 Å². The van der Waals surface area contributed by atoms with E-state index in [2.05, 4.69) is 10.3 Å². The fourth-order valence-electron chi connectivity index (χ4n) is 2.59. The van der Waals surface area contributed by atoms with Crippen LogP contribution in [0.4, 0.5) is 0 Å². The molecule has 5 nitrogen and oxygen atoms in total. The number of aromatic nitrogens is 1. The van der Waals surface area contributed by atoms with Crippen LogP contribution in [-0.2, 0) is 11.3 Å². The molecule has 0 spiro atoms. The largest absolute Gasteiger partial charge is 0.497 e. The van der Waals surface area contributed by atoms with E-state index in [9.17, 15) is 4.79 Å². The van der Waals surface area contributed by atoms with Gasteiger partial charge < -0.3 is 14.8 Å². The van der Waals surface area contributed by atoms with E-state index >= 15 is 0 Å². The average molecular weight is 371 g/mol. The number of pyridine rings is 1. The van der Waals surface area contributed by atoms with Gasteiger partial charge in [0.25, 0.3) is 5.91 Å². The molecule has 3 aromatic rings. The molecular weight excluding hydrogens is 352 g/mol. The van der Waals surface area contributed by atoms with Crippen molar-refractivity contribution in [2.45, 2.75) is 13.5 Å². The fourth-order valence-corrected chi connectivity index (χ4v) is 2.80. The number of methoxy groups -OCH3 is 1. The summed E-state index contributed by atoms with van der Waals surface area (Å²) in [5.41, 5.74) is 2.54. The third-order valence-corrected chi connectivity index (χ3v) is 4.08. The first-order valence-corrected chi connectivity index (χ1v) is 8.52. The molecule has 1 amide bonds. The summed E-state index contributed by atoms with van der Waals surface area (Å²) >= 11 is 5.94. The third kappa shape index (κ3) is 4.43. The first-order valence-electron chi connectivity index (χ1n) is 8.14. The lowest BCUT2D eigenvalue weighted by Gasteiger charge is -2.11. The second-order valence-corrected chi connectivity index (χ2v) is 6.28. The van der Waals surface area contributed by atoms with E-state index in [4.69, 9.17) is 21.1 Å². The van der Waals surface area contributed by atoms with Crippen LogP contribution in [0.5, 0.6) is 11.5 Å². The van der Waals surface area contributed by atoms with Crippen molar-refractivity contribution in [1.82, 2.24) is 10.3 Å². The van der Waals surface area contributed by atoms with Crippen molar-refractivity contribution in [3.63, 3.8) is 0 Å². The molecular formula is C20H19ClN2O3. The highest BCUT2D eigenvalue weighted by Crippen LogP contribution is 2.28. The Bertz CT molecular complexity index is 943. The first kappa shape index (κ1) is 18.0. The predicted molar refractivity (Wildman–Crippen MR) is 102 cm³/mol. The molecule has 0 atom stereocenters. The molecule has 0 saturated carbocycles. The van der Waals surface area contributed by atoms with Gasteiger partial charge in [-0.2, -0.15) is 0 Å². The number of fused-ring (bicyclic) bond motifs is 1. The maximum atomic E-state index is 12.1. The summed E-state index contributed by atoms with van der Waals surface area (Å²) in [7, 11) is 1.60. The third-order valence-electron chi connectivity index (χ3n) is 3.84. The SMILES string of the molecule is COc1ccc2nc(C)cc(OCC(=O)NCc3cccc(Cl)c3)c2c1. The van der Waals surface area contributed by atoms with Crippen molar-refractivity contribution in [1.29, 1.82) is 0 Å². The molecule has 0 aliphatic rings. The monoisotopic (exact) mass is 370 g/mol. The quantitative estimate of drug-likeness (QED) is 0.714. The molecule has 1 aromatic heterocycles. The molecule has 3 rings (SSSR count). The zero-order valence-corrected chi connectivity index (χ0v) is 15.3. The lowest BCUT2D eigenvalue weighted by Crippen LogP contribution is -2.28. The number of hydrogen-bond donors (Lipinski definition) is 1. The van der Waals surface area contributed by atoms with Gasteiger partial charge in [0.15, 0.2) is 6.61 Å². The number of nitrogens with zero attached hydrogens (tertiary/aromatic N) is 1. The molecule has 1 N–H and O–H groups in total. The highest BCUT2D eigenvalue weighted by Gasteiger charge is 2.09. The standard InChI is InChI=1S/C20H19ClN2O3/c1-13-8-19(17-10-16(25-2)6-7-18(17)23-13)26-12-20(24)22-11-14-4-3-5-15(21)9-14/h3-10H,11-12H2,1-2H3,(H,22,24). The Labute approximate surface area is 156 Å². The number of ether oxygens (including phenoxy) is 2. The zero-order chi connectivity index (χ0) is 18.5. The highest BCUT2D eigenvalue weighted by atomic mass is 35.5. The fraction of sp³-hybridized carbons (Fsp3) is 0.200. The molecule has 26 heavy (non-hydrogen) atoms. The molecule has 0 fully saturated rings. The molecule has 0 bridgehead atoms. The molecule has 0 radical (unpaired) electrons. The van der Waals surface area contributed by atoms with Crippen LogP contribution in [0, 0.1) is 6.92 Å². The number of benzene rings is 2. The van der Waals surface area contributed by atoms with Gasteiger partial charge >= 0.3 is 0 Å². The first-order chi connectivity index (χ1) is 12.5. The second kappa shape index (κ2) is 8.06. The summed E-state index contributed by atoms with van der Waals surface area (Å²) in [5.74, 6) is 1.10. The van der Waals surface area contributed by atoms with Crippen LogP contribution in [0.2, 0.25) is 5.02 Å². The number of halogens is 1. The van der Waals surface area contributed by atoms with Gasteiger partial charge in [-0.1, -0.05) is 23.7 Å². The van der Waals surface area contributed by atoms with Gasteiger partial charge in [0.05, 0.1) is 12.6 Å². The number of hydrogen-bond acceptors (Lipinski definition) is 4. The van der Waals surface area contributed by atoms with Crippen LogP contribution in [-0.4, -0.2) is 24.6 Å². The van der Waals surface area contributed by atoms with Crippen LogP contribution < -0.4 is 14.8 Å². The Morgan fingerprint density at radius 2 is 2.04 bits per heavy atom. The number of rotatable bonds is 6. The zero-order valence-electron chi connectivity index (χ0n) is 14.6. The van der Waals surface area contributed by atoms with Gasteiger partial charge in [0, 0.05) is 28.7 Å². The molecule has 0 aliphatic heterocycles.